The number of carbonyl (C=O) groups is 2. The molecule has 1 aliphatic rings. The number of benzene rings is 1. The number of amides is 1. The molecule has 0 N–H and O–H groups in total. The number of rotatable bonds is 5. The Morgan fingerprint density at radius 3 is 2.67 bits per heavy atom. The lowest BCUT2D eigenvalue weighted by atomic mass is 10.1. The predicted octanol–water partition coefficient (Wildman–Crippen LogP) is 1.98. The van der Waals surface area contributed by atoms with Gasteiger partial charge in [0.05, 0.1) is 0 Å². The van der Waals surface area contributed by atoms with E-state index in [0.717, 1.165) is 5.56 Å². The Labute approximate surface area is 138 Å². The number of halogens is 1. The molecule has 0 radical (unpaired) electrons. The van der Waals surface area contributed by atoms with Crippen LogP contribution in [0.15, 0.2) is 55.0 Å². The van der Waals surface area contributed by atoms with E-state index in [9.17, 15) is 14.0 Å². The van der Waals surface area contributed by atoms with Gasteiger partial charge in [-0.2, -0.15) is 4.58 Å². The maximum absolute atomic E-state index is 13.0. The van der Waals surface area contributed by atoms with E-state index < -0.39 is 0 Å². The van der Waals surface area contributed by atoms with Crippen molar-refractivity contribution in [3.05, 3.63) is 72.1 Å². The molecule has 1 aromatic heterocycles. The van der Waals surface area contributed by atoms with Gasteiger partial charge < -0.3 is 0 Å². The Morgan fingerprint density at radius 2 is 1.96 bits per heavy atom. The summed E-state index contributed by atoms with van der Waals surface area (Å²) < 4.78 is 14.5. The molecule has 0 fully saturated rings. The zero-order chi connectivity index (χ0) is 16.9. The van der Waals surface area contributed by atoms with Crippen molar-refractivity contribution in [1.29, 1.82) is 0 Å². The number of nitrogens with zero attached hydrogens (tertiary/aromatic N) is 3. The van der Waals surface area contributed by atoms with E-state index in [4.69, 9.17) is 0 Å². The summed E-state index contributed by atoms with van der Waals surface area (Å²) in [6.45, 7) is 0. The van der Waals surface area contributed by atoms with E-state index in [0.29, 0.717) is 6.42 Å². The number of hydrogen-bond acceptors (Lipinski definition) is 4. The largest absolute Gasteiger partial charge is 0.395 e. The van der Waals surface area contributed by atoms with E-state index in [1.807, 2.05) is 6.08 Å². The second-order valence-corrected chi connectivity index (χ2v) is 5.43. The van der Waals surface area contributed by atoms with Crippen LogP contribution in [-0.2, 0) is 11.2 Å². The van der Waals surface area contributed by atoms with Crippen molar-refractivity contribution >= 4 is 17.9 Å². The number of carbonyl (C=O) groups excluding carboxylic acids is 2. The lowest BCUT2D eigenvalue weighted by Crippen LogP contribution is -2.31. The second-order valence-electron chi connectivity index (χ2n) is 5.43. The lowest BCUT2D eigenvalue weighted by Gasteiger charge is -2.08. The van der Waals surface area contributed by atoms with E-state index in [-0.39, 0.29) is 35.7 Å². The van der Waals surface area contributed by atoms with Crippen LogP contribution in [0.2, 0.25) is 0 Å². The molecule has 0 saturated carbocycles. The van der Waals surface area contributed by atoms with Crippen LogP contribution in [0.5, 0.6) is 0 Å². The van der Waals surface area contributed by atoms with Gasteiger partial charge in [0.1, 0.15) is 24.3 Å². The highest BCUT2D eigenvalue weighted by atomic mass is 19.1. The standard InChI is InChI=1S/C18H15FN3O2/c19-14-5-3-13(4-6-14)10-15-2-1-9-22(15)18(24)11-17(23)16-7-8-20-12-21-16/h1-9,12,15H,10-11H2/q+1. The minimum atomic E-state index is -0.344. The Balaban J connectivity index is 1.66. The van der Waals surface area contributed by atoms with Gasteiger partial charge in [-0.1, -0.05) is 12.1 Å². The molecule has 1 atom stereocenters. The smallest absolute Gasteiger partial charge is 0.292 e. The van der Waals surface area contributed by atoms with Crippen molar-refractivity contribution in [2.45, 2.75) is 18.9 Å². The first-order valence-corrected chi connectivity index (χ1v) is 7.50. The third-order valence-corrected chi connectivity index (χ3v) is 3.76. The Bertz CT molecular complexity index is 814. The normalized spacial score (nSPS) is 16.0. The Morgan fingerprint density at radius 1 is 1.17 bits per heavy atom. The molecule has 1 aliphatic heterocycles. The van der Waals surface area contributed by atoms with Gasteiger partial charge in [0.15, 0.2) is 18.0 Å². The highest BCUT2D eigenvalue weighted by Crippen LogP contribution is 2.13. The molecule has 0 bridgehead atoms. The first kappa shape index (κ1) is 15.9. The van der Waals surface area contributed by atoms with Crippen LogP contribution in [0.3, 0.4) is 0 Å². The summed E-state index contributed by atoms with van der Waals surface area (Å²) >= 11 is 0. The second kappa shape index (κ2) is 7.04. The van der Waals surface area contributed by atoms with Crippen molar-refractivity contribution in [2.24, 2.45) is 0 Å². The lowest BCUT2D eigenvalue weighted by molar-refractivity contribution is -0.467. The van der Waals surface area contributed by atoms with E-state index >= 15 is 0 Å². The molecule has 2 aromatic rings. The summed E-state index contributed by atoms with van der Waals surface area (Å²) in [6.07, 6.45) is 8.36. The molecule has 1 amide bonds. The fraction of sp³-hybridized carbons (Fsp3) is 0.167. The minimum absolute atomic E-state index is 0.179. The number of ketones is 1. The predicted molar refractivity (Wildman–Crippen MR) is 85.3 cm³/mol. The van der Waals surface area contributed by atoms with Crippen LogP contribution in [0.4, 0.5) is 4.39 Å². The monoisotopic (exact) mass is 324 g/mol. The average molecular weight is 324 g/mol. The van der Waals surface area contributed by atoms with Gasteiger partial charge >= 0.3 is 5.91 Å². The zero-order valence-corrected chi connectivity index (χ0v) is 12.8. The molecule has 1 unspecified atom stereocenters. The molecule has 6 heteroatoms. The van der Waals surface area contributed by atoms with Crippen LogP contribution >= 0.6 is 0 Å². The highest BCUT2D eigenvalue weighted by molar-refractivity contribution is 6.04. The first-order chi connectivity index (χ1) is 11.6. The van der Waals surface area contributed by atoms with Gasteiger partial charge in [-0.25, -0.2) is 19.2 Å². The zero-order valence-electron chi connectivity index (χ0n) is 12.8. The Kier molecular flexibility index (Phi) is 4.65. The quantitative estimate of drug-likeness (QED) is 0.479. The summed E-state index contributed by atoms with van der Waals surface area (Å²) in [5.41, 5.74) is 1.14. The summed E-state index contributed by atoms with van der Waals surface area (Å²) in [5, 5.41) is 0. The molecule has 0 spiro atoms. The third-order valence-electron chi connectivity index (χ3n) is 3.76. The molecular formula is C18H15FN3O2+. The fourth-order valence-electron chi connectivity index (χ4n) is 2.55. The van der Waals surface area contributed by atoms with Gasteiger partial charge in [-0.15, -0.1) is 0 Å². The summed E-state index contributed by atoms with van der Waals surface area (Å²) in [6, 6.07) is 7.47. The third kappa shape index (κ3) is 3.65. The van der Waals surface area contributed by atoms with Crippen molar-refractivity contribution < 1.29 is 18.6 Å². The molecule has 24 heavy (non-hydrogen) atoms. The number of allylic oxidation sites excluding steroid dienone is 1. The van der Waals surface area contributed by atoms with Crippen LogP contribution in [-0.4, -0.2) is 38.5 Å². The van der Waals surface area contributed by atoms with Crippen LogP contribution in [0.25, 0.3) is 0 Å². The van der Waals surface area contributed by atoms with E-state index in [1.165, 1.54) is 35.3 Å². The Hall–Kier alpha value is -3.02. The molecule has 5 nitrogen and oxygen atoms in total. The number of hydrogen-bond donors (Lipinski definition) is 0. The van der Waals surface area contributed by atoms with E-state index in [2.05, 4.69) is 9.97 Å². The van der Waals surface area contributed by atoms with Crippen molar-refractivity contribution in [2.75, 3.05) is 0 Å². The number of Topliss-reactive ketones (excluding diaryl/α,β-unsaturated/α-hetero) is 1. The van der Waals surface area contributed by atoms with Crippen LogP contribution in [0.1, 0.15) is 22.5 Å². The molecule has 1 aromatic carbocycles. The maximum Gasteiger partial charge on any atom is 0.395 e. The topological polar surface area (TPSA) is 62.9 Å². The molecule has 3 rings (SSSR count). The van der Waals surface area contributed by atoms with Crippen molar-refractivity contribution in [1.82, 2.24) is 9.97 Å². The molecular weight excluding hydrogens is 309 g/mol. The highest BCUT2D eigenvalue weighted by Gasteiger charge is 2.31. The van der Waals surface area contributed by atoms with Gasteiger partial charge in [0.25, 0.3) is 0 Å². The van der Waals surface area contributed by atoms with Gasteiger partial charge in [-0.05, 0) is 29.8 Å². The van der Waals surface area contributed by atoms with Gasteiger partial charge in [0.2, 0.25) is 0 Å². The SMILES string of the molecule is O=C(CC(=O)[N+]1=CC=CC1Cc1ccc(F)cc1)c1ccncn1. The molecule has 0 aliphatic carbocycles. The summed E-state index contributed by atoms with van der Waals surface area (Å²) in [5.74, 6) is -0.936. The minimum Gasteiger partial charge on any atom is -0.292 e. The number of aromatic nitrogens is 2. The average Bonchev–Trinajstić information content (AvgIpc) is 3.06. The summed E-state index contributed by atoms with van der Waals surface area (Å²) in [7, 11) is 0. The maximum atomic E-state index is 13.0. The van der Waals surface area contributed by atoms with Gasteiger partial charge in [-0.3, -0.25) is 4.79 Å². The first-order valence-electron chi connectivity index (χ1n) is 7.50. The molecule has 0 saturated heterocycles. The van der Waals surface area contributed by atoms with Crippen LogP contribution < -0.4 is 0 Å². The van der Waals surface area contributed by atoms with Crippen molar-refractivity contribution in [3.63, 3.8) is 0 Å². The van der Waals surface area contributed by atoms with Crippen molar-refractivity contribution in [3.8, 4) is 0 Å². The molecule has 2 heterocycles. The fourth-order valence-corrected chi connectivity index (χ4v) is 2.55. The van der Waals surface area contributed by atoms with E-state index in [1.54, 1.807) is 24.4 Å². The van der Waals surface area contributed by atoms with Crippen LogP contribution in [0, 0.1) is 5.82 Å². The summed E-state index contributed by atoms with van der Waals surface area (Å²) in [4.78, 5) is 32.1. The van der Waals surface area contributed by atoms with Gasteiger partial charge in [0, 0.05) is 18.7 Å². The molecule has 120 valence electrons.